The van der Waals surface area contributed by atoms with Gasteiger partial charge >= 0.3 is 13.3 Å². The standard InChI is InChI=1S/C18H25BF3NO3/c1-16(2)17(3,4)26-19(25-16)13(11-23-5)9-12-7-8-14(18(20,21)22)15(10-12)24-6/h7-10,23H,11H2,1-6H3. The minimum absolute atomic E-state index is 0.219. The van der Waals surface area contributed by atoms with Crippen LogP contribution in [0.1, 0.15) is 38.8 Å². The highest BCUT2D eigenvalue weighted by Crippen LogP contribution is 2.40. The van der Waals surface area contributed by atoms with E-state index in [2.05, 4.69) is 5.32 Å². The summed E-state index contributed by atoms with van der Waals surface area (Å²) in [6.45, 7) is 8.27. The van der Waals surface area contributed by atoms with Gasteiger partial charge in [-0.15, -0.1) is 0 Å². The van der Waals surface area contributed by atoms with Gasteiger partial charge < -0.3 is 19.4 Å². The molecule has 0 radical (unpaired) electrons. The normalized spacial score (nSPS) is 19.7. The lowest BCUT2D eigenvalue weighted by molar-refractivity contribution is -0.138. The molecule has 0 unspecified atom stereocenters. The number of methoxy groups -OCH3 is 1. The van der Waals surface area contributed by atoms with Gasteiger partial charge in [-0.3, -0.25) is 0 Å². The average Bonchev–Trinajstić information content (AvgIpc) is 2.73. The summed E-state index contributed by atoms with van der Waals surface area (Å²) in [5.74, 6) is -0.219. The van der Waals surface area contributed by atoms with Crippen LogP contribution in [0.3, 0.4) is 0 Å². The number of hydrogen-bond donors (Lipinski definition) is 1. The maximum atomic E-state index is 13.0. The van der Waals surface area contributed by atoms with Gasteiger partial charge in [-0.2, -0.15) is 13.2 Å². The van der Waals surface area contributed by atoms with Crippen molar-refractivity contribution in [3.05, 3.63) is 34.8 Å². The van der Waals surface area contributed by atoms with Gasteiger partial charge in [0.05, 0.1) is 23.9 Å². The SMILES string of the molecule is CNCC(=Cc1ccc(C(F)(F)F)c(OC)c1)B1OC(C)(C)C(C)(C)O1. The molecule has 1 heterocycles. The first kappa shape index (κ1) is 20.8. The van der Waals surface area contributed by atoms with Gasteiger partial charge in [0.1, 0.15) is 5.75 Å². The van der Waals surface area contributed by atoms with Crippen LogP contribution in [0.15, 0.2) is 23.7 Å². The second-order valence-corrected chi connectivity index (χ2v) is 7.30. The lowest BCUT2D eigenvalue weighted by atomic mass is 9.77. The predicted molar refractivity (Wildman–Crippen MR) is 96.0 cm³/mol. The maximum absolute atomic E-state index is 13.0. The molecule has 0 saturated carbocycles. The number of likely N-dealkylation sites (N-methyl/N-ethyl adjacent to an activating group) is 1. The van der Waals surface area contributed by atoms with Crippen LogP contribution in [0.25, 0.3) is 6.08 Å². The van der Waals surface area contributed by atoms with Crippen molar-refractivity contribution < 1.29 is 27.2 Å². The van der Waals surface area contributed by atoms with E-state index in [0.29, 0.717) is 12.1 Å². The fraction of sp³-hybridized carbons (Fsp3) is 0.556. The zero-order chi connectivity index (χ0) is 19.8. The highest BCUT2D eigenvalue weighted by Gasteiger charge is 2.52. The molecule has 1 aliphatic heterocycles. The minimum atomic E-state index is -4.47. The molecule has 1 aliphatic rings. The van der Waals surface area contributed by atoms with E-state index in [4.69, 9.17) is 14.0 Å². The van der Waals surface area contributed by atoms with E-state index in [9.17, 15) is 13.2 Å². The third-order valence-electron chi connectivity index (χ3n) is 4.82. The number of halogens is 3. The van der Waals surface area contributed by atoms with Gasteiger partial charge in [0.15, 0.2) is 0 Å². The Labute approximate surface area is 152 Å². The molecule has 0 amide bonds. The number of rotatable bonds is 5. The molecule has 144 valence electrons. The largest absolute Gasteiger partial charge is 0.496 e. The molecule has 4 nitrogen and oxygen atoms in total. The number of alkyl halides is 3. The van der Waals surface area contributed by atoms with Crippen molar-refractivity contribution in [2.24, 2.45) is 0 Å². The van der Waals surface area contributed by atoms with E-state index in [-0.39, 0.29) is 5.75 Å². The molecule has 0 aromatic heterocycles. The molecule has 8 heteroatoms. The topological polar surface area (TPSA) is 39.7 Å². The summed E-state index contributed by atoms with van der Waals surface area (Å²) in [6.07, 6.45) is -2.70. The van der Waals surface area contributed by atoms with Crippen molar-refractivity contribution in [2.45, 2.75) is 45.1 Å². The summed E-state index contributed by atoms with van der Waals surface area (Å²) < 4.78 is 56.1. The summed E-state index contributed by atoms with van der Waals surface area (Å²) in [4.78, 5) is 0. The minimum Gasteiger partial charge on any atom is -0.496 e. The van der Waals surface area contributed by atoms with Gasteiger partial charge in [0.2, 0.25) is 0 Å². The molecule has 0 aliphatic carbocycles. The number of hydrogen-bond acceptors (Lipinski definition) is 4. The third kappa shape index (κ3) is 4.24. The van der Waals surface area contributed by atoms with Crippen LogP contribution < -0.4 is 10.1 Å². The molecule has 1 N–H and O–H groups in total. The van der Waals surface area contributed by atoms with Crippen molar-refractivity contribution in [2.75, 3.05) is 20.7 Å². The zero-order valence-corrected chi connectivity index (χ0v) is 16.0. The molecular formula is C18H25BF3NO3. The Hall–Kier alpha value is -1.51. The van der Waals surface area contributed by atoms with Crippen molar-refractivity contribution in [3.8, 4) is 5.75 Å². The summed E-state index contributed by atoms with van der Waals surface area (Å²) >= 11 is 0. The van der Waals surface area contributed by atoms with Gasteiger partial charge in [-0.25, -0.2) is 0 Å². The van der Waals surface area contributed by atoms with Crippen molar-refractivity contribution in [1.82, 2.24) is 5.32 Å². The second kappa shape index (κ2) is 7.25. The molecular weight excluding hydrogens is 346 g/mol. The summed E-state index contributed by atoms with van der Waals surface area (Å²) in [5, 5.41) is 3.04. The average molecular weight is 371 g/mol. The molecule has 2 rings (SSSR count). The first-order valence-electron chi connectivity index (χ1n) is 8.37. The number of benzene rings is 1. The molecule has 0 atom stereocenters. The highest BCUT2D eigenvalue weighted by atomic mass is 19.4. The van der Waals surface area contributed by atoms with Gasteiger partial charge in [0, 0.05) is 6.54 Å². The first-order valence-corrected chi connectivity index (χ1v) is 8.37. The summed E-state index contributed by atoms with van der Waals surface area (Å²) in [7, 11) is 2.42. The highest BCUT2D eigenvalue weighted by molar-refractivity contribution is 6.55. The van der Waals surface area contributed by atoms with Gasteiger partial charge in [-0.05, 0) is 57.9 Å². The summed E-state index contributed by atoms with van der Waals surface area (Å²) in [6, 6.07) is 3.79. The maximum Gasteiger partial charge on any atom is 0.491 e. The lowest BCUT2D eigenvalue weighted by Gasteiger charge is -2.32. The first-order chi connectivity index (χ1) is 11.9. The van der Waals surface area contributed by atoms with E-state index >= 15 is 0 Å². The Morgan fingerprint density at radius 3 is 2.23 bits per heavy atom. The number of ether oxygens (including phenoxy) is 1. The number of nitrogens with one attached hydrogen (secondary N) is 1. The predicted octanol–water partition coefficient (Wildman–Crippen LogP) is 3.95. The fourth-order valence-corrected chi connectivity index (χ4v) is 2.65. The Morgan fingerprint density at radius 1 is 1.19 bits per heavy atom. The molecule has 0 spiro atoms. The van der Waals surface area contributed by atoms with Crippen LogP contribution >= 0.6 is 0 Å². The van der Waals surface area contributed by atoms with E-state index in [1.165, 1.54) is 19.2 Å². The molecule has 1 saturated heterocycles. The lowest BCUT2D eigenvalue weighted by Crippen LogP contribution is -2.41. The zero-order valence-electron chi connectivity index (χ0n) is 16.0. The molecule has 1 aromatic carbocycles. The smallest absolute Gasteiger partial charge is 0.491 e. The van der Waals surface area contributed by atoms with Gasteiger partial charge in [-0.1, -0.05) is 12.1 Å². The van der Waals surface area contributed by atoms with Crippen LogP contribution in [0.4, 0.5) is 13.2 Å². The van der Waals surface area contributed by atoms with Crippen molar-refractivity contribution in [3.63, 3.8) is 0 Å². The molecule has 1 fully saturated rings. The summed E-state index contributed by atoms with van der Waals surface area (Å²) in [5.41, 5.74) is -0.435. The fourth-order valence-electron chi connectivity index (χ4n) is 2.65. The monoisotopic (exact) mass is 371 g/mol. The van der Waals surface area contributed by atoms with Crippen molar-refractivity contribution >= 4 is 13.2 Å². The van der Waals surface area contributed by atoms with E-state index in [1.54, 1.807) is 13.1 Å². The molecule has 26 heavy (non-hydrogen) atoms. The van der Waals surface area contributed by atoms with Crippen LogP contribution in [-0.4, -0.2) is 39.0 Å². The van der Waals surface area contributed by atoms with Gasteiger partial charge in [0.25, 0.3) is 0 Å². The third-order valence-corrected chi connectivity index (χ3v) is 4.82. The molecule has 1 aromatic rings. The Bertz CT molecular complexity index is 671. The van der Waals surface area contributed by atoms with E-state index in [0.717, 1.165) is 11.5 Å². The van der Waals surface area contributed by atoms with Crippen LogP contribution in [-0.2, 0) is 15.5 Å². The quantitative estimate of drug-likeness (QED) is 0.796. The molecule has 0 bridgehead atoms. The Morgan fingerprint density at radius 2 is 1.77 bits per heavy atom. The van der Waals surface area contributed by atoms with E-state index < -0.39 is 30.1 Å². The van der Waals surface area contributed by atoms with E-state index in [1.807, 2.05) is 27.7 Å². The van der Waals surface area contributed by atoms with Crippen LogP contribution in [0, 0.1) is 0 Å². The Kier molecular flexibility index (Phi) is 5.80. The Balaban J connectivity index is 2.38. The van der Waals surface area contributed by atoms with Crippen LogP contribution in [0.5, 0.6) is 5.75 Å². The second-order valence-electron chi connectivity index (χ2n) is 7.30. The van der Waals surface area contributed by atoms with Crippen molar-refractivity contribution in [1.29, 1.82) is 0 Å². The van der Waals surface area contributed by atoms with Crippen LogP contribution in [0.2, 0.25) is 0 Å².